The summed E-state index contributed by atoms with van der Waals surface area (Å²) < 4.78 is 4.71. The second-order valence-corrected chi connectivity index (χ2v) is 8.34. The van der Waals surface area contributed by atoms with Gasteiger partial charge in [0.05, 0.1) is 47.1 Å². The van der Waals surface area contributed by atoms with Crippen LogP contribution in [0.4, 0.5) is 0 Å². The number of carbonyl (C=O) groups is 1. The molecule has 1 aliphatic rings. The van der Waals surface area contributed by atoms with Gasteiger partial charge in [0, 0.05) is 0 Å². The van der Waals surface area contributed by atoms with Crippen LogP contribution < -0.4 is 0 Å². The molecule has 0 spiro atoms. The van der Waals surface area contributed by atoms with Gasteiger partial charge in [-0.3, -0.25) is 0 Å². The van der Waals surface area contributed by atoms with Crippen molar-refractivity contribution in [3.8, 4) is 5.75 Å². The number of epoxide rings is 1. The molecule has 1 fully saturated rings. The Morgan fingerprint density at radius 3 is 1.45 bits per heavy atom. The SMILES string of the molecule is CC(O)CO.CC1CO1.O=C[C@H](O)[C@@H](O)[C@H](O)[C@H](O)CO.Oc1c(Cl)c(Cl)c(Cl)c(Cl)c1Cl. The lowest BCUT2D eigenvalue weighted by molar-refractivity contribution is -0.136. The summed E-state index contributed by atoms with van der Waals surface area (Å²) in [5.74, 6) is -0.363. The first-order chi connectivity index (χ1) is 15.2. The number of aliphatic hydroxyl groups excluding tert-OH is 7. The van der Waals surface area contributed by atoms with Gasteiger partial charge in [0.1, 0.15) is 34.5 Å². The number of hydrogen-bond acceptors (Lipinski definition) is 10. The minimum atomic E-state index is -1.79. The fraction of sp³-hybridized carbons (Fsp3) is 0.611. The van der Waals surface area contributed by atoms with Gasteiger partial charge < -0.3 is 50.4 Å². The van der Waals surface area contributed by atoms with Crippen molar-refractivity contribution in [2.75, 3.05) is 19.8 Å². The van der Waals surface area contributed by atoms with Crippen molar-refractivity contribution < 1.29 is 50.4 Å². The quantitative estimate of drug-likeness (QED) is 0.104. The predicted molar refractivity (Wildman–Crippen MR) is 125 cm³/mol. The number of carbonyl (C=O) groups excluding carboxylic acids is 1. The minimum Gasteiger partial charge on any atom is -0.505 e. The molecule has 1 saturated heterocycles. The molecule has 1 aromatic carbocycles. The average Bonchev–Trinajstić information content (AvgIpc) is 3.61. The third kappa shape index (κ3) is 14.1. The van der Waals surface area contributed by atoms with Crippen molar-refractivity contribution in [2.45, 2.75) is 50.5 Å². The van der Waals surface area contributed by atoms with E-state index in [-0.39, 0.29) is 43.8 Å². The van der Waals surface area contributed by atoms with Gasteiger partial charge in [-0.15, -0.1) is 0 Å². The van der Waals surface area contributed by atoms with E-state index < -0.39 is 37.1 Å². The number of phenolic OH excluding ortho intramolecular Hbond substituents is 1. The van der Waals surface area contributed by atoms with E-state index in [0.29, 0.717) is 6.10 Å². The van der Waals surface area contributed by atoms with Crippen LogP contribution in [0.1, 0.15) is 13.8 Å². The van der Waals surface area contributed by atoms with Crippen LogP contribution in [0.3, 0.4) is 0 Å². The summed E-state index contributed by atoms with van der Waals surface area (Å²) in [6, 6.07) is 0. The van der Waals surface area contributed by atoms with Crippen molar-refractivity contribution >= 4 is 64.3 Å². The van der Waals surface area contributed by atoms with Crippen molar-refractivity contribution in [2.24, 2.45) is 0 Å². The first kappa shape index (κ1) is 35.0. The molecule has 1 aliphatic heterocycles. The zero-order valence-corrected chi connectivity index (χ0v) is 21.2. The Bertz CT molecular complexity index is 601. The van der Waals surface area contributed by atoms with Crippen LogP contribution in [0.25, 0.3) is 0 Å². The predicted octanol–water partition coefficient (Wildman–Crippen LogP) is 1.05. The molecule has 6 atom stereocenters. The van der Waals surface area contributed by atoms with Gasteiger partial charge >= 0.3 is 0 Å². The van der Waals surface area contributed by atoms with Crippen LogP contribution in [-0.4, -0.2) is 104 Å². The Labute approximate surface area is 215 Å². The normalized spacial score (nSPS) is 18.5. The van der Waals surface area contributed by atoms with E-state index in [1.165, 1.54) is 6.92 Å². The van der Waals surface area contributed by atoms with Crippen LogP contribution in [0.15, 0.2) is 0 Å². The van der Waals surface area contributed by atoms with Gasteiger partial charge in [0.2, 0.25) is 0 Å². The third-order valence-electron chi connectivity index (χ3n) is 3.37. The number of aldehydes is 1. The second kappa shape index (κ2) is 18.1. The first-order valence-corrected chi connectivity index (χ1v) is 11.0. The summed E-state index contributed by atoms with van der Waals surface area (Å²) in [7, 11) is 0. The number of aromatic hydroxyl groups is 1. The molecular formula is C18H27Cl5O10. The van der Waals surface area contributed by atoms with Gasteiger partial charge in [-0.2, -0.15) is 0 Å². The fourth-order valence-corrected chi connectivity index (χ4v) is 2.44. The van der Waals surface area contributed by atoms with Gasteiger partial charge in [0.25, 0.3) is 0 Å². The lowest BCUT2D eigenvalue weighted by Crippen LogP contribution is -2.46. The molecule has 0 aliphatic carbocycles. The molecule has 10 nitrogen and oxygen atoms in total. The van der Waals surface area contributed by atoms with Gasteiger partial charge in [-0.25, -0.2) is 0 Å². The highest BCUT2D eigenvalue weighted by molar-refractivity contribution is 6.55. The fourth-order valence-electron chi connectivity index (χ4n) is 1.31. The Morgan fingerprint density at radius 2 is 1.21 bits per heavy atom. The van der Waals surface area contributed by atoms with E-state index in [4.69, 9.17) is 98.5 Å². The van der Waals surface area contributed by atoms with E-state index in [1.807, 2.05) is 0 Å². The molecule has 0 radical (unpaired) electrons. The number of benzene rings is 1. The van der Waals surface area contributed by atoms with E-state index in [0.717, 1.165) is 6.61 Å². The Hall–Kier alpha value is -0.180. The van der Waals surface area contributed by atoms with Crippen molar-refractivity contribution in [3.05, 3.63) is 25.1 Å². The number of rotatable bonds is 6. The standard InChI is InChI=1S/C6HCl5O.C6H12O6.C3H8O2.C3H6O/c7-1-2(8)4(10)6(12)5(11)3(1)9;7-1-3(9)5(11)6(12)4(10)2-8;1-3(5)2-4;1-3-2-4-3/h12H;1,3-6,8-12H,2H2;3-5H,2H2,1H3;3H,2H2,1H3/t;3-,4+,5+,6+;;/m.0../s1. The Kier molecular flexibility index (Phi) is 19.2. The first-order valence-electron chi connectivity index (χ1n) is 9.06. The summed E-state index contributed by atoms with van der Waals surface area (Å²) in [4.78, 5) is 9.90. The van der Waals surface area contributed by atoms with Crippen LogP contribution >= 0.6 is 58.0 Å². The zero-order valence-electron chi connectivity index (χ0n) is 17.4. The van der Waals surface area contributed by atoms with Gasteiger partial charge in [0.15, 0.2) is 12.0 Å². The number of hydrogen-bond donors (Lipinski definition) is 8. The van der Waals surface area contributed by atoms with Crippen LogP contribution in [-0.2, 0) is 9.53 Å². The van der Waals surface area contributed by atoms with Crippen LogP contribution in [0, 0.1) is 0 Å². The zero-order chi connectivity index (χ0) is 26.5. The smallest absolute Gasteiger partial charge is 0.155 e. The number of phenols is 1. The lowest BCUT2D eigenvalue weighted by Gasteiger charge is -2.22. The van der Waals surface area contributed by atoms with Crippen LogP contribution in [0.2, 0.25) is 25.1 Å². The van der Waals surface area contributed by atoms with Crippen molar-refractivity contribution in [1.82, 2.24) is 0 Å². The summed E-state index contributed by atoms with van der Waals surface area (Å²) in [5, 5.41) is 68.6. The van der Waals surface area contributed by atoms with Gasteiger partial charge in [-0.1, -0.05) is 58.0 Å². The molecule has 0 saturated carbocycles. The number of aliphatic hydroxyl groups is 7. The molecule has 8 N–H and O–H groups in total. The highest BCUT2D eigenvalue weighted by Crippen LogP contribution is 2.47. The molecular weight excluding hydrogens is 553 g/mol. The van der Waals surface area contributed by atoms with E-state index in [9.17, 15) is 9.90 Å². The van der Waals surface area contributed by atoms with E-state index >= 15 is 0 Å². The summed E-state index contributed by atoms with van der Waals surface area (Å²) in [6.07, 6.45) is -6.82. The van der Waals surface area contributed by atoms with Crippen molar-refractivity contribution in [3.63, 3.8) is 0 Å². The maximum atomic E-state index is 9.90. The van der Waals surface area contributed by atoms with E-state index in [2.05, 4.69) is 6.92 Å². The molecule has 2 unspecified atom stereocenters. The Morgan fingerprint density at radius 1 is 0.879 bits per heavy atom. The molecule has 0 aromatic heterocycles. The topological polar surface area (TPSA) is 191 Å². The summed E-state index contributed by atoms with van der Waals surface area (Å²) in [6.45, 7) is 3.67. The molecule has 0 amide bonds. The molecule has 194 valence electrons. The lowest BCUT2D eigenvalue weighted by atomic mass is 10.0. The van der Waals surface area contributed by atoms with Crippen molar-refractivity contribution in [1.29, 1.82) is 0 Å². The maximum absolute atomic E-state index is 9.90. The summed E-state index contributed by atoms with van der Waals surface area (Å²) in [5.41, 5.74) is 0. The third-order valence-corrected chi connectivity index (χ3v) is 5.63. The minimum absolute atomic E-state index is 0.00904. The number of halogens is 5. The molecule has 1 heterocycles. The highest BCUT2D eigenvalue weighted by atomic mass is 35.5. The monoisotopic (exact) mass is 578 g/mol. The molecule has 2 rings (SSSR count). The maximum Gasteiger partial charge on any atom is 0.155 e. The van der Waals surface area contributed by atoms with E-state index in [1.54, 1.807) is 0 Å². The molecule has 1 aromatic rings. The van der Waals surface area contributed by atoms with Gasteiger partial charge in [-0.05, 0) is 13.8 Å². The molecule has 33 heavy (non-hydrogen) atoms. The Balaban J connectivity index is 0. The molecule has 15 heteroatoms. The summed E-state index contributed by atoms with van der Waals surface area (Å²) >= 11 is 27.9. The average molecular weight is 581 g/mol. The highest BCUT2D eigenvalue weighted by Gasteiger charge is 2.29. The van der Waals surface area contributed by atoms with Crippen LogP contribution in [0.5, 0.6) is 5.75 Å². The largest absolute Gasteiger partial charge is 0.505 e. The number of ether oxygens (including phenoxy) is 1. The molecule has 0 bridgehead atoms. The second-order valence-electron chi connectivity index (χ2n) is 6.45.